The van der Waals surface area contributed by atoms with Gasteiger partial charge in [-0.05, 0) is 36.8 Å². The van der Waals surface area contributed by atoms with Crippen molar-refractivity contribution in [2.24, 2.45) is 0 Å². The van der Waals surface area contributed by atoms with Crippen LogP contribution in [0.1, 0.15) is 25.3 Å². The molecule has 1 aromatic carbocycles. The van der Waals surface area contributed by atoms with E-state index < -0.39 is 0 Å². The smallest absolute Gasteiger partial charge is 0.0896 e. The van der Waals surface area contributed by atoms with E-state index in [0.29, 0.717) is 0 Å². The lowest BCUT2D eigenvalue weighted by Gasteiger charge is -2.37. The van der Waals surface area contributed by atoms with Gasteiger partial charge in [-0.25, -0.2) is 0 Å². The molecule has 0 nitrogen and oxygen atoms in total. The Morgan fingerprint density at radius 3 is 2.44 bits per heavy atom. The molecule has 0 atom stereocenters. The van der Waals surface area contributed by atoms with Gasteiger partial charge in [-0.2, -0.15) is 0 Å². The first-order valence-electron chi connectivity index (χ1n) is 5.71. The molecule has 0 aromatic heterocycles. The van der Waals surface area contributed by atoms with Crippen LogP contribution in [0.2, 0.25) is 0 Å². The van der Waals surface area contributed by atoms with Crippen molar-refractivity contribution in [2.75, 3.05) is 11.5 Å². The lowest BCUT2D eigenvalue weighted by Crippen LogP contribution is -2.23. The summed E-state index contributed by atoms with van der Waals surface area (Å²) in [5.74, 6) is 2.55. The number of thioether (sulfide) groups is 2. The van der Waals surface area contributed by atoms with Gasteiger partial charge in [0.05, 0.1) is 4.08 Å². The van der Waals surface area contributed by atoms with Crippen molar-refractivity contribution >= 4 is 23.5 Å². The summed E-state index contributed by atoms with van der Waals surface area (Å²) in [5.41, 5.74) is 2.73. The Hall–Kier alpha value is -0.340. The monoisotopic (exact) mass is 250 g/mol. The van der Waals surface area contributed by atoms with E-state index >= 15 is 0 Å². The second-order valence-electron chi connectivity index (χ2n) is 4.30. The minimum absolute atomic E-state index is 0.228. The molecule has 0 spiro atoms. The second kappa shape index (κ2) is 5.33. The number of hydrogen-bond acceptors (Lipinski definition) is 2. The van der Waals surface area contributed by atoms with Gasteiger partial charge in [0.25, 0.3) is 0 Å². The van der Waals surface area contributed by atoms with E-state index in [0.717, 1.165) is 6.42 Å². The Balaban J connectivity index is 2.29. The maximum absolute atomic E-state index is 4.09. The summed E-state index contributed by atoms with van der Waals surface area (Å²) in [6.45, 7) is 6.23. The van der Waals surface area contributed by atoms with Crippen molar-refractivity contribution in [3.8, 4) is 0 Å². The first-order chi connectivity index (χ1) is 7.73. The molecule has 1 aromatic rings. The first-order valence-corrected chi connectivity index (χ1v) is 7.68. The van der Waals surface area contributed by atoms with Crippen molar-refractivity contribution in [1.82, 2.24) is 0 Å². The van der Waals surface area contributed by atoms with Crippen LogP contribution in [-0.4, -0.2) is 11.5 Å². The molecule has 0 saturated carbocycles. The SMILES string of the molecule is C=C(C)CC1(c2ccccc2)SCCCS1. The van der Waals surface area contributed by atoms with Crippen LogP contribution >= 0.6 is 23.5 Å². The van der Waals surface area contributed by atoms with Gasteiger partial charge < -0.3 is 0 Å². The van der Waals surface area contributed by atoms with E-state index in [2.05, 4.69) is 67.4 Å². The summed E-state index contributed by atoms with van der Waals surface area (Å²) in [4.78, 5) is 0. The van der Waals surface area contributed by atoms with Crippen LogP contribution in [-0.2, 0) is 4.08 Å². The topological polar surface area (TPSA) is 0 Å². The number of rotatable bonds is 3. The predicted octanol–water partition coefficient (Wildman–Crippen LogP) is 4.68. The average molecular weight is 250 g/mol. The molecule has 0 amide bonds. The van der Waals surface area contributed by atoms with Gasteiger partial charge in [0.1, 0.15) is 0 Å². The maximum Gasteiger partial charge on any atom is 0.0896 e. The standard InChI is InChI=1S/C14H18S2/c1-12(2)11-14(15-9-6-10-16-14)13-7-4-3-5-8-13/h3-5,7-8H,1,6,9-11H2,2H3. The van der Waals surface area contributed by atoms with Crippen molar-refractivity contribution in [3.05, 3.63) is 48.0 Å². The highest BCUT2D eigenvalue weighted by atomic mass is 32.2. The molecule has 2 heteroatoms. The summed E-state index contributed by atoms with van der Waals surface area (Å²) in [6.07, 6.45) is 2.42. The van der Waals surface area contributed by atoms with Crippen molar-refractivity contribution in [1.29, 1.82) is 0 Å². The zero-order valence-electron chi connectivity index (χ0n) is 9.74. The fourth-order valence-electron chi connectivity index (χ4n) is 2.03. The third-order valence-electron chi connectivity index (χ3n) is 2.71. The molecular weight excluding hydrogens is 232 g/mol. The molecular formula is C14H18S2. The Labute approximate surface area is 107 Å². The summed E-state index contributed by atoms with van der Waals surface area (Å²) < 4.78 is 0.228. The Morgan fingerprint density at radius 1 is 1.25 bits per heavy atom. The number of benzene rings is 1. The highest BCUT2D eigenvalue weighted by Gasteiger charge is 2.35. The van der Waals surface area contributed by atoms with Gasteiger partial charge in [0.2, 0.25) is 0 Å². The summed E-state index contributed by atoms with van der Waals surface area (Å²) in [6, 6.07) is 10.9. The van der Waals surface area contributed by atoms with Gasteiger partial charge in [0, 0.05) is 0 Å². The van der Waals surface area contributed by atoms with Crippen LogP contribution in [0.25, 0.3) is 0 Å². The fraction of sp³-hybridized carbons (Fsp3) is 0.429. The molecule has 16 heavy (non-hydrogen) atoms. The average Bonchev–Trinajstić information content (AvgIpc) is 2.30. The lowest BCUT2D eigenvalue weighted by molar-refractivity contribution is 0.838. The van der Waals surface area contributed by atoms with Crippen LogP contribution in [0.4, 0.5) is 0 Å². The van der Waals surface area contributed by atoms with E-state index in [4.69, 9.17) is 0 Å². The molecule has 86 valence electrons. The summed E-state index contributed by atoms with van der Waals surface area (Å²) in [5, 5.41) is 0. The van der Waals surface area contributed by atoms with E-state index in [1.54, 1.807) is 0 Å². The summed E-state index contributed by atoms with van der Waals surface area (Å²) >= 11 is 4.19. The normalized spacial score (nSPS) is 19.3. The highest BCUT2D eigenvalue weighted by molar-refractivity contribution is 8.18. The van der Waals surface area contributed by atoms with Crippen LogP contribution in [0.15, 0.2) is 42.5 Å². The largest absolute Gasteiger partial charge is 0.139 e. The van der Waals surface area contributed by atoms with Gasteiger partial charge in [-0.15, -0.1) is 30.1 Å². The molecule has 1 aliphatic heterocycles. The summed E-state index contributed by atoms with van der Waals surface area (Å²) in [7, 11) is 0. The molecule has 1 fully saturated rings. The number of allylic oxidation sites excluding steroid dienone is 1. The van der Waals surface area contributed by atoms with Crippen LogP contribution in [0.3, 0.4) is 0 Å². The fourth-order valence-corrected chi connectivity index (χ4v) is 5.59. The minimum atomic E-state index is 0.228. The predicted molar refractivity (Wildman–Crippen MR) is 77.1 cm³/mol. The molecule has 0 radical (unpaired) electrons. The molecule has 1 heterocycles. The number of hydrogen-bond donors (Lipinski definition) is 0. The molecule has 2 rings (SSSR count). The minimum Gasteiger partial charge on any atom is -0.139 e. The third kappa shape index (κ3) is 2.67. The van der Waals surface area contributed by atoms with Crippen LogP contribution in [0, 0.1) is 0 Å². The molecule has 0 aliphatic carbocycles. The van der Waals surface area contributed by atoms with Crippen LogP contribution < -0.4 is 0 Å². The third-order valence-corrected chi connectivity index (χ3v) is 6.09. The first kappa shape index (κ1) is 12.1. The van der Waals surface area contributed by atoms with E-state index in [1.165, 1.54) is 29.1 Å². The van der Waals surface area contributed by atoms with Crippen molar-refractivity contribution in [2.45, 2.75) is 23.8 Å². The second-order valence-corrected chi connectivity index (χ2v) is 7.35. The Bertz CT molecular complexity index is 350. The quantitative estimate of drug-likeness (QED) is 0.715. The van der Waals surface area contributed by atoms with Crippen LogP contribution in [0.5, 0.6) is 0 Å². The maximum atomic E-state index is 4.09. The molecule has 0 unspecified atom stereocenters. The zero-order chi connectivity index (χ0) is 11.4. The van der Waals surface area contributed by atoms with E-state index in [1.807, 2.05) is 0 Å². The molecule has 0 N–H and O–H groups in total. The zero-order valence-corrected chi connectivity index (χ0v) is 11.4. The van der Waals surface area contributed by atoms with E-state index in [-0.39, 0.29) is 4.08 Å². The Morgan fingerprint density at radius 2 is 1.88 bits per heavy atom. The van der Waals surface area contributed by atoms with Gasteiger partial charge in [-0.3, -0.25) is 0 Å². The molecule has 1 saturated heterocycles. The van der Waals surface area contributed by atoms with E-state index in [9.17, 15) is 0 Å². The highest BCUT2D eigenvalue weighted by Crippen LogP contribution is 2.53. The Kier molecular flexibility index (Phi) is 4.04. The van der Waals surface area contributed by atoms with Crippen molar-refractivity contribution < 1.29 is 0 Å². The lowest BCUT2D eigenvalue weighted by atomic mass is 10.1. The van der Waals surface area contributed by atoms with Crippen molar-refractivity contribution in [3.63, 3.8) is 0 Å². The molecule has 0 bridgehead atoms. The van der Waals surface area contributed by atoms with Gasteiger partial charge in [-0.1, -0.05) is 35.9 Å². The van der Waals surface area contributed by atoms with Gasteiger partial charge >= 0.3 is 0 Å². The molecule has 1 aliphatic rings. The van der Waals surface area contributed by atoms with Gasteiger partial charge in [0.15, 0.2) is 0 Å².